The molecule has 1 atom stereocenters. The number of imidazole rings is 1. The van der Waals surface area contributed by atoms with Gasteiger partial charge >= 0.3 is 5.69 Å². The molecule has 1 fully saturated rings. The van der Waals surface area contributed by atoms with Crippen LogP contribution < -0.4 is 5.69 Å². The lowest BCUT2D eigenvalue weighted by Crippen LogP contribution is -2.28. The van der Waals surface area contributed by atoms with E-state index in [0.717, 1.165) is 12.8 Å². The molecule has 78 valence electrons. The molecule has 0 spiro atoms. The lowest BCUT2D eigenvalue weighted by atomic mass is 10.4. The average molecular weight is 200 g/mol. The molecule has 0 bridgehead atoms. The zero-order chi connectivity index (χ0) is 10.1. The van der Waals surface area contributed by atoms with Crippen LogP contribution in [-0.4, -0.2) is 27.0 Å². The third kappa shape index (κ3) is 1.72. The summed E-state index contributed by atoms with van der Waals surface area (Å²) < 4.78 is 15.0. The predicted octanol–water partition coefficient (Wildman–Crippen LogP) is 0.315. The van der Waals surface area contributed by atoms with Gasteiger partial charge in [0.1, 0.15) is 12.8 Å². The molecule has 14 heavy (non-hydrogen) atoms. The Morgan fingerprint density at radius 1 is 1.57 bits per heavy atom. The SMILES string of the molecule is O=c1n(CC(O)CF)ccn1C1CC1. The van der Waals surface area contributed by atoms with E-state index in [2.05, 4.69) is 0 Å². The van der Waals surface area contributed by atoms with Gasteiger partial charge in [0, 0.05) is 18.4 Å². The molecule has 1 heterocycles. The highest BCUT2D eigenvalue weighted by atomic mass is 19.1. The minimum absolute atomic E-state index is 0.0368. The van der Waals surface area contributed by atoms with Crippen LogP contribution in [0.2, 0.25) is 0 Å². The number of nitrogens with zero attached hydrogens (tertiary/aromatic N) is 2. The normalized spacial score (nSPS) is 18.4. The van der Waals surface area contributed by atoms with Gasteiger partial charge in [-0.05, 0) is 12.8 Å². The largest absolute Gasteiger partial charge is 0.389 e. The molecule has 2 rings (SSSR count). The zero-order valence-electron chi connectivity index (χ0n) is 7.77. The topological polar surface area (TPSA) is 47.2 Å². The summed E-state index contributed by atoms with van der Waals surface area (Å²) in [6, 6.07) is 0.325. The van der Waals surface area contributed by atoms with E-state index in [-0.39, 0.29) is 12.2 Å². The third-order valence-electron chi connectivity index (χ3n) is 2.40. The van der Waals surface area contributed by atoms with Crippen molar-refractivity contribution in [1.29, 1.82) is 0 Å². The predicted molar refractivity (Wildman–Crippen MR) is 48.9 cm³/mol. The molecule has 1 unspecified atom stereocenters. The van der Waals surface area contributed by atoms with Crippen molar-refractivity contribution in [2.24, 2.45) is 0 Å². The van der Waals surface area contributed by atoms with Crippen molar-refractivity contribution in [1.82, 2.24) is 9.13 Å². The first-order valence-electron chi connectivity index (χ1n) is 4.73. The van der Waals surface area contributed by atoms with E-state index in [1.807, 2.05) is 0 Å². The lowest BCUT2D eigenvalue weighted by Gasteiger charge is -2.05. The highest BCUT2D eigenvalue weighted by Crippen LogP contribution is 2.33. The average Bonchev–Trinajstić information content (AvgIpc) is 2.95. The summed E-state index contributed by atoms with van der Waals surface area (Å²) in [6.07, 6.45) is 4.29. The number of halogens is 1. The van der Waals surface area contributed by atoms with E-state index in [1.54, 1.807) is 17.0 Å². The van der Waals surface area contributed by atoms with Gasteiger partial charge in [0.15, 0.2) is 0 Å². The van der Waals surface area contributed by atoms with Crippen molar-refractivity contribution < 1.29 is 9.50 Å². The first-order valence-corrected chi connectivity index (χ1v) is 4.73. The first kappa shape index (κ1) is 9.45. The standard InChI is InChI=1S/C9H13FN2O2/c10-5-8(13)6-11-3-4-12(9(11)14)7-1-2-7/h3-4,7-8,13H,1-2,5-6H2. The molecule has 1 aromatic heterocycles. The molecule has 0 amide bonds. The number of aromatic nitrogens is 2. The van der Waals surface area contributed by atoms with Crippen LogP contribution in [0.4, 0.5) is 4.39 Å². The van der Waals surface area contributed by atoms with E-state index in [4.69, 9.17) is 5.11 Å². The van der Waals surface area contributed by atoms with E-state index >= 15 is 0 Å². The molecule has 1 N–H and O–H groups in total. The Morgan fingerprint density at radius 2 is 2.29 bits per heavy atom. The van der Waals surface area contributed by atoms with Crippen LogP contribution in [0, 0.1) is 0 Å². The molecule has 1 aromatic rings. The van der Waals surface area contributed by atoms with Gasteiger partial charge < -0.3 is 5.11 Å². The Morgan fingerprint density at radius 3 is 2.86 bits per heavy atom. The van der Waals surface area contributed by atoms with Gasteiger partial charge in [-0.15, -0.1) is 0 Å². The lowest BCUT2D eigenvalue weighted by molar-refractivity contribution is 0.121. The Bertz CT molecular complexity index is 367. The van der Waals surface area contributed by atoms with E-state index < -0.39 is 12.8 Å². The number of hydrogen-bond acceptors (Lipinski definition) is 2. The molecule has 0 aromatic carbocycles. The Kier molecular flexibility index (Phi) is 2.41. The number of hydrogen-bond donors (Lipinski definition) is 1. The summed E-state index contributed by atoms with van der Waals surface area (Å²) in [5.41, 5.74) is -0.153. The van der Waals surface area contributed by atoms with Crippen molar-refractivity contribution in [2.45, 2.75) is 31.5 Å². The van der Waals surface area contributed by atoms with Crippen LogP contribution in [-0.2, 0) is 6.54 Å². The summed E-state index contributed by atoms with van der Waals surface area (Å²) >= 11 is 0. The third-order valence-corrected chi connectivity index (χ3v) is 2.40. The summed E-state index contributed by atoms with van der Waals surface area (Å²) in [6.45, 7) is -0.782. The minimum Gasteiger partial charge on any atom is -0.389 e. The van der Waals surface area contributed by atoms with Gasteiger partial charge in [0.25, 0.3) is 0 Å². The molecule has 5 heteroatoms. The highest BCUT2D eigenvalue weighted by Gasteiger charge is 2.25. The maximum Gasteiger partial charge on any atom is 0.328 e. The van der Waals surface area contributed by atoms with Crippen LogP contribution in [0.5, 0.6) is 0 Å². The van der Waals surface area contributed by atoms with Crippen molar-refractivity contribution in [3.8, 4) is 0 Å². The summed E-state index contributed by atoms with van der Waals surface area (Å²) in [4.78, 5) is 11.6. The van der Waals surface area contributed by atoms with Gasteiger partial charge in [-0.25, -0.2) is 9.18 Å². The number of aliphatic hydroxyl groups is 1. The highest BCUT2D eigenvalue weighted by molar-refractivity contribution is 4.91. The minimum atomic E-state index is -1.08. The Balaban J connectivity index is 2.14. The molecule has 0 aliphatic heterocycles. The van der Waals surface area contributed by atoms with Crippen LogP contribution in [0.15, 0.2) is 17.2 Å². The van der Waals surface area contributed by atoms with Gasteiger partial charge in [-0.2, -0.15) is 0 Å². The monoisotopic (exact) mass is 200 g/mol. The van der Waals surface area contributed by atoms with Crippen molar-refractivity contribution in [2.75, 3.05) is 6.67 Å². The fourth-order valence-electron chi connectivity index (χ4n) is 1.47. The van der Waals surface area contributed by atoms with Crippen LogP contribution in [0.3, 0.4) is 0 Å². The molecular formula is C9H13FN2O2. The Hall–Kier alpha value is -1.10. The molecule has 1 aliphatic rings. The molecule has 0 radical (unpaired) electrons. The molecule has 4 nitrogen and oxygen atoms in total. The first-order chi connectivity index (χ1) is 6.72. The zero-order valence-corrected chi connectivity index (χ0v) is 7.77. The smallest absolute Gasteiger partial charge is 0.328 e. The van der Waals surface area contributed by atoms with Gasteiger partial charge in [0.2, 0.25) is 0 Å². The molecule has 1 saturated carbocycles. The van der Waals surface area contributed by atoms with Gasteiger partial charge in [0.05, 0.1) is 6.54 Å². The molecule has 1 aliphatic carbocycles. The second-order valence-electron chi connectivity index (χ2n) is 3.68. The summed E-state index contributed by atoms with van der Waals surface area (Å²) in [7, 11) is 0. The van der Waals surface area contributed by atoms with E-state index in [9.17, 15) is 9.18 Å². The Labute approximate surface area is 80.6 Å². The molecular weight excluding hydrogens is 187 g/mol. The van der Waals surface area contributed by atoms with Gasteiger partial charge in [-0.1, -0.05) is 0 Å². The molecule has 0 saturated heterocycles. The maximum atomic E-state index is 12.0. The summed E-state index contributed by atoms with van der Waals surface area (Å²) in [5, 5.41) is 9.06. The fraction of sp³-hybridized carbons (Fsp3) is 0.667. The number of aliphatic hydroxyl groups excluding tert-OH is 1. The van der Waals surface area contributed by atoms with E-state index in [1.165, 1.54) is 4.57 Å². The van der Waals surface area contributed by atoms with Crippen molar-refractivity contribution in [3.63, 3.8) is 0 Å². The van der Waals surface area contributed by atoms with Crippen molar-refractivity contribution in [3.05, 3.63) is 22.9 Å². The van der Waals surface area contributed by atoms with Crippen LogP contribution in [0.1, 0.15) is 18.9 Å². The number of alkyl halides is 1. The number of rotatable bonds is 4. The van der Waals surface area contributed by atoms with Gasteiger partial charge in [-0.3, -0.25) is 9.13 Å². The van der Waals surface area contributed by atoms with Crippen molar-refractivity contribution >= 4 is 0 Å². The fourth-order valence-corrected chi connectivity index (χ4v) is 1.47. The van der Waals surface area contributed by atoms with Crippen LogP contribution in [0.25, 0.3) is 0 Å². The maximum absolute atomic E-state index is 12.0. The summed E-state index contributed by atoms with van der Waals surface area (Å²) in [5.74, 6) is 0. The second-order valence-corrected chi connectivity index (χ2v) is 3.68. The van der Waals surface area contributed by atoms with E-state index in [0.29, 0.717) is 6.04 Å². The second kappa shape index (κ2) is 3.57. The van der Waals surface area contributed by atoms with Crippen LogP contribution >= 0.6 is 0 Å². The quantitative estimate of drug-likeness (QED) is 0.760.